The van der Waals surface area contributed by atoms with E-state index in [0.717, 1.165) is 12.8 Å². The van der Waals surface area contributed by atoms with Crippen molar-refractivity contribution in [1.82, 2.24) is 4.98 Å². The molecule has 0 heterocycles. The van der Waals surface area contributed by atoms with Gasteiger partial charge in [0, 0.05) is 27.3 Å². The van der Waals surface area contributed by atoms with E-state index in [1.807, 2.05) is 0 Å². The Bertz CT molecular complexity index is 339. The van der Waals surface area contributed by atoms with Crippen molar-refractivity contribution in [2.24, 2.45) is 5.41 Å². The normalized spacial score (nSPS) is 19.2. The van der Waals surface area contributed by atoms with Gasteiger partial charge in [0.2, 0.25) is 0 Å². The molecule has 0 aromatic heterocycles. The van der Waals surface area contributed by atoms with E-state index in [2.05, 4.69) is 70.9 Å². The molecular weight excluding hydrogens is 270 g/mol. The van der Waals surface area contributed by atoms with E-state index >= 15 is 0 Å². The van der Waals surface area contributed by atoms with Gasteiger partial charge in [0.25, 0.3) is 0 Å². The van der Waals surface area contributed by atoms with Crippen molar-refractivity contribution in [3.63, 3.8) is 0 Å². The summed E-state index contributed by atoms with van der Waals surface area (Å²) in [5, 5.41) is 1.43. The van der Waals surface area contributed by atoms with E-state index in [9.17, 15) is 0 Å². The summed E-state index contributed by atoms with van der Waals surface area (Å²) in [4.78, 5) is 3.99. The monoisotopic (exact) mass is 298 g/mol. The SMILES string of the molecule is CCC(C)(N[Si](C)(C)C1=[C-]CC=C1)C(C)(C)C.[Ti]. The van der Waals surface area contributed by atoms with Crippen LogP contribution < -0.4 is 4.98 Å². The molecule has 1 nitrogen and oxygen atoms in total. The van der Waals surface area contributed by atoms with Gasteiger partial charge >= 0.3 is 0 Å². The molecule has 18 heavy (non-hydrogen) atoms. The summed E-state index contributed by atoms with van der Waals surface area (Å²) >= 11 is 0. The summed E-state index contributed by atoms with van der Waals surface area (Å²) in [7, 11) is -1.57. The summed E-state index contributed by atoms with van der Waals surface area (Å²) in [6.45, 7) is 16.4. The molecule has 1 rings (SSSR count). The predicted molar refractivity (Wildman–Crippen MR) is 79.3 cm³/mol. The van der Waals surface area contributed by atoms with Gasteiger partial charge in [0.15, 0.2) is 0 Å². The fraction of sp³-hybridized carbons (Fsp3) is 0.733. The molecule has 1 N–H and O–H groups in total. The Kier molecular flexibility index (Phi) is 6.34. The van der Waals surface area contributed by atoms with E-state index in [4.69, 9.17) is 0 Å². The van der Waals surface area contributed by atoms with Crippen LogP contribution in [0.1, 0.15) is 47.5 Å². The van der Waals surface area contributed by atoms with Gasteiger partial charge in [-0.2, -0.15) is 6.08 Å². The third-order valence-corrected chi connectivity index (χ3v) is 7.19. The van der Waals surface area contributed by atoms with E-state index in [0.29, 0.717) is 0 Å². The Morgan fingerprint density at radius 1 is 1.28 bits per heavy atom. The van der Waals surface area contributed by atoms with E-state index < -0.39 is 8.24 Å². The maximum Gasteiger partial charge on any atom is 0.115 e. The molecule has 0 spiro atoms. The first kappa shape index (κ1) is 18.4. The predicted octanol–water partition coefficient (Wildman–Crippen LogP) is 4.22. The Morgan fingerprint density at radius 3 is 2.17 bits per heavy atom. The van der Waals surface area contributed by atoms with Crippen molar-refractivity contribution in [3.8, 4) is 0 Å². The zero-order chi connectivity index (χ0) is 13.3. The van der Waals surface area contributed by atoms with Gasteiger partial charge in [0.05, 0.1) is 0 Å². The fourth-order valence-electron chi connectivity index (χ4n) is 2.40. The molecule has 0 aromatic carbocycles. The Labute approximate surface area is 129 Å². The Morgan fingerprint density at radius 2 is 1.83 bits per heavy atom. The van der Waals surface area contributed by atoms with Gasteiger partial charge in [-0.05, 0) is 18.8 Å². The van der Waals surface area contributed by atoms with Crippen molar-refractivity contribution in [2.75, 3.05) is 0 Å². The van der Waals surface area contributed by atoms with Crippen molar-refractivity contribution in [2.45, 2.75) is 66.1 Å². The fourth-order valence-corrected chi connectivity index (χ4v) is 5.54. The molecular formula is C15H28NSiTi-. The molecule has 0 saturated heterocycles. The number of rotatable bonds is 4. The molecule has 1 aliphatic carbocycles. The second-order valence-corrected chi connectivity index (χ2v) is 10.9. The molecule has 0 radical (unpaired) electrons. The number of hydrogen-bond donors (Lipinski definition) is 1. The Hall–Kier alpha value is 0.371. The van der Waals surface area contributed by atoms with Crippen LogP contribution in [-0.4, -0.2) is 13.8 Å². The molecule has 0 fully saturated rings. The molecule has 0 aromatic rings. The summed E-state index contributed by atoms with van der Waals surface area (Å²) in [5.74, 6) is 0. The molecule has 102 valence electrons. The first-order valence-corrected chi connectivity index (χ1v) is 9.69. The smallest absolute Gasteiger partial charge is 0.115 e. The standard InChI is InChI=1S/C15H28NSi.Ti/c1-8-15(5,14(2,3)4)16-17(6,7)13-11-9-10-12-13;/h9,11,16H,8,10H2,1-7H3;/q-1;. The van der Waals surface area contributed by atoms with Gasteiger partial charge < -0.3 is 4.98 Å². The maximum atomic E-state index is 3.99. The molecule has 1 atom stereocenters. The topological polar surface area (TPSA) is 12.0 Å². The average Bonchev–Trinajstić information content (AvgIpc) is 2.68. The van der Waals surface area contributed by atoms with Crippen molar-refractivity contribution in [1.29, 1.82) is 0 Å². The van der Waals surface area contributed by atoms with Crippen LogP contribution in [0.5, 0.6) is 0 Å². The van der Waals surface area contributed by atoms with Crippen LogP contribution in [0, 0.1) is 11.5 Å². The number of hydrogen-bond acceptors (Lipinski definition) is 1. The first-order chi connectivity index (χ1) is 7.62. The van der Waals surface area contributed by atoms with Gasteiger partial charge in [-0.15, -0.1) is 6.42 Å². The third kappa shape index (κ3) is 3.93. The van der Waals surface area contributed by atoms with Crippen LogP contribution in [0.15, 0.2) is 17.3 Å². The van der Waals surface area contributed by atoms with Crippen LogP contribution in [0.2, 0.25) is 13.1 Å². The van der Waals surface area contributed by atoms with Crippen LogP contribution in [0.4, 0.5) is 0 Å². The molecule has 1 aliphatic rings. The Balaban J connectivity index is 0.00000289. The molecule has 0 bridgehead atoms. The average molecular weight is 298 g/mol. The van der Waals surface area contributed by atoms with Crippen molar-refractivity contribution >= 4 is 8.24 Å². The first-order valence-electron chi connectivity index (χ1n) is 6.69. The minimum atomic E-state index is -1.57. The molecule has 3 heteroatoms. The summed E-state index contributed by atoms with van der Waals surface area (Å²) < 4.78 is 0. The van der Waals surface area contributed by atoms with Crippen LogP contribution >= 0.6 is 0 Å². The van der Waals surface area contributed by atoms with Gasteiger partial charge in [0.1, 0.15) is 8.24 Å². The van der Waals surface area contributed by atoms with Crippen LogP contribution in [0.3, 0.4) is 0 Å². The van der Waals surface area contributed by atoms with Crippen molar-refractivity contribution in [3.05, 3.63) is 23.4 Å². The zero-order valence-electron chi connectivity index (χ0n) is 13.1. The van der Waals surface area contributed by atoms with Crippen molar-refractivity contribution < 1.29 is 21.7 Å². The molecule has 0 aliphatic heterocycles. The third-order valence-electron chi connectivity index (χ3n) is 4.32. The van der Waals surface area contributed by atoms with Crippen LogP contribution in [0.25, 0.3) is 0 Å². The molecule has 0 saturated carbocycles. The van der Waals surface area contributed by atoms with Gasteiger partial charge in [-0.1, -0.05) is 40.8 Å². The molecule has 1 unspecified atom stereocenters. The number of allylic oxidation sites excluding steroid dienone is 4. The summed E-state index contributed by atoms with van der Waals surface area (Å²) in [6, 6.07) is 0. The quantitative estimate of drug-likeness (QED) is 0.605. The summed E-state index contributed by atoms with van der Waals surface area (Å²) in [6.07, 6.45) is 10.1. The van der Waals surface area contributed by atoms with Gasteiger partial charge in [-0.25, -0.2) is 11.3 Å². The molecule has 0 amide bonds. The largest absolute Gasteiger partial charge is 0.330 e. The second-order valence-electron chi connectivity index (χ2n) is 6.88. The van der Waals surface area contributed by atoms with E-state index in [1.165, 1.54) is 5.20 Å². The second kappa shape index (κ2) is 6.21. The minimum Gasteiger partial charge on any atom is -0.330 e. The minimum absolute atomic E-state index is 0. The van der Waals surface area contributed by atoms with E-state index in [-0.39, 0.29) is 32.7 Å². The van der Waals surface area contributed by atoms with Gasteiger partial charge in [-0.3, -0.25) is 6.08 Å². The van der Waals surface area contributed by atoms with E-state index in [1.54, 1.807) is 0 Å². The number of nitrogens with one attached hydrogen (secondary N) is 1. The maximum absolute atomic E-state index is 3.99. The summed E-state index contributed by atoms with van der Waals surface area (Å²) in [5.41, 5.74) is 0.461. The zero-order valence-corrected chi connectivity index (χ0v) is 15.6. The van der Waals surface area contributed by atoms with Crippen LogP contribution in [-0.2, 0) is 21.7 Å².